The lowest BCUT2D eigenvalue weighted by Crippen LogP contribution is -2.46. The number of ketones is 2. The molecule has 6 rings (SSSR count). The maximum absolute atomic E-state index is 13.8. The first-order valence-corrected chi connectivity index (χ1v) is 12.4. The summed E-state index contributed by atoms with van der Waals surface area (Å²) in [4.78, 5) is 57.2. The lowest BCUT2D eigenvalue weighted by molar-refractivity contribution is -0.123. The molecule has 2 fully saturated rings. The average molecular weight is 527 g/mol. The molecule has 0 bridgehead atoms. The van der Waals surface area contributed by atoms with Gasteiger partial charge in [-0.15, -0.1) is 0 Å². The fourth-order valence-electron chi connectivity index (χ4n) is 5.58. The molecule has 0 saturated carbocycles. The van der Waals surface area contributed by atoms with Crippen molar-refractivity contribution in [2.75, 3.05) is 4.90 Å². The summed E-state index contributed by atoms with van der Waals surface area (Å²) in [7, 11) is 0. The van der Waals surface area contributed by atoms with Gasteiger partial charge in [0.1, 0.15) is 11.9 Å². The van der Waals surface area contributed by atoms with Gasteiger partial charge in [-0.05, 0) is 54.6 Å². The Morgan fingerprint density at radius 1 is 0.789 bits per heavy atom. The van der Waals surface area contributed by atoms with E-state index in [1.54, 1.807) is 71.8 Å². The van der Waals surface area contributed by atoms with Gasteiger partial charge in [-0.3, -0.25) is 19.2 Å². The molecule has 0 aliphatic carbocycles. The predicted molar refractivity (Wildman–Crippen MR) is 139 cm³/mol. The highest BCUT2D eigenvalue weighted by molar-refractivity contribution is 6.30. The number of benzene rings is 3. The number of allylic oxidation sites excluding steroid dienone is 2. The smallest absolute Gasteiger partial charge is 0.240 e. The molecule has 38 heavy (non-hydrogen) atoms. The van der Waals surface area contributed by atoms with Crippen molar-refractivity contribution in [3.8, 4) is 0 Å². The number of imide groups is 1. The first kappa shape index (κ1) is 24.0. The predicted octanol–water partition coefficient (Wildman–Crippen LogP) is 4.86. The molecule has 8 heteroatoms. The summed E-state index contributed by atoms with van der Waals surface area (Å²) in [6.45, 7) is 0. The molecule has 3 aromatic rings. The van der Waals surface area contributed by atoms with E-state index in [9.17, 15) is 23.6 Å². The van der Waals surface area contributed by atoms with Gasteiger partial charge >= 0.3 is 0 Å². The van der Waals surface area contributed by atoms with Crippen LogP contribution in [0.3, 0.4) is 0 Å². The third-order valence-electron chi connectivity index (χ3n) is 7.33. The zero-order valence-corrected chi connectivity index (χ0v) is 20.6. The van der Waals surface area contributed by atoms with Gasteiger partial charge in [0.25, 0.3) is 0 Å². The molecule has 3 aromatic carbocycles. The van der Waals surface area contributed by atoms with Gasteiger partial charge in [0, 0.05) is 27.9 Å². The van der Waals surface area contributed by atoms with E-state index in [0.29, 0.717) is 21.7 Å². The Hall–Kier alpha value is -4.36. The van der Waals surface area contributed by atoms with E-state index in [-0.39, 0.29) is 17.3 Å². The van der Waals surface area contributed by atoms with Crippen molar-refractivity contribution in [3.05, 3.63) is 125 Å². The number of anilines is 1. The van der Waals surface area contributed by atoms with E-state index in [0.717, 1.165) is 4.90 Å². The molecule has 4 atom stereocenters. The summed E-state index contributed by atoms with van der Waals surface area (Å²) >= 11 is 6.01. The minimum absolute atomic E-state index is 0.224. The Bertz CT molecular complexity index is 1530. The van der Waals surface area contributed by atoms with Gasteiger partial charge in [-0.25, -0.2) is 9.29 Å². The molecule has 188 valence electrons. The van der Waals surface area contributed by atoms with Gasteiger partial charge in [0.15, 0.2) is 11.6 Å². The number of halogens is 2. The highest BCUT2D eigenvalue weighted by atomic mass is 35.5. The second-order valence-electron chi connectivity index (χ2n) is 9.43. The van der Waals surface area contributed by atoms with Crippen LogP contribution in [0.15, 0.2) is 103 Å². The van der Waals surface area contributed by atoms with E-state index in [1.165, 1.54) is 24.3 Å². The number of nitrogens with zero attached hydrogens (tertiary/aromatic N) is 2. The summed E-state index contributed by atoms with van der Waals surface area (Å²) < 4.78 is 13.6. The number of rotatable bonds is 5. The lowest BCUT2D eigenvalue weighted by Gasteiger charge is -2.32. The summed E-state index contributed by atoms with van der Waals surface area (Å²) in [6, 6.07) is 18.5. The number of fused-ring (bicyclic) bond motifs is 3. The quantitative estimate of drug-likeness (QED) is 0.351. The van der Waals surface area contributed by atoms with E-state index >= 15 is 0 Å². The van der Waals surface area contributed by atoms with Gasteiger partial charge in [-0.2, -0.15) is 0 Å². The SMILES string of the molecule is O=C(C1=C[C@@H]2[C@@H]3C(=O)N(c4ccc(F)cc4)C(=O)[C@H]3[C@@H](C(=O)c3ccc(Cl)cc3)N2C=C1)c1ccccc1. The van der Waals surface area contributed by atoms with Gasteiger partial charge < -0.3 is 4.90 Å². The van der Waals surface area contributed by atoms with Crippen molar-refractivity contribution in [1.82, 2.24) is 4.90 Å². The zero-order chi connectivity index (χ0) is 26.6. The molecule has 0 N–H and O–H groups in total. The summed E-state index contributed by atoms with van der Waals surface area (Å²) in [6.07, 6.45) is 4.91. The van der Waals surface area contributed by atoms with E-state index in [1.807, 2.05) is 6.07 Å². The van der Waals surface area contributed by atoms with E-state index < -0.39 is 41.6 Å². The average Bonchev–Trinajstić information content (AvgIpc) is 3.41. The summed E-state index contributed by atoms with van der Waals surface area (Å²) in [5.74, 6) is -3.99. The highest BCUT2D eigenvalue weighted by Crippen LogP contribution is 2.47. The fraction of sp³-hybridized carbons (Fsp3) is 0.133. The fourth-order valence-corrected chi connectivity index (χ4v) is 5.71. The van der Waals surface area contributed by atoms with Crippen LogP contribution in [-0.4, -0.2) is 40.4 Å². The first-order valence-electron chi connectivity index (χ1n) is 12.1. The number of amides is 2. The number of carbonyl (C=O) groups is 4. The second-order valence-corrected chi connectivity index (χ2v) is 9.86. The Morgan fingerprint density at radius 3 is 2.13 bits per heavy atom. The Morgan fingerprint density at radius 2 is 1.45 bits per heavy atom. The first-order chi connectivity index (χ1) is 18.3. The molecule has 2 amide bonds. The largest absolute Gasteiger partial charge is 0.359 e. The zero-order valence-electron chi connectivity index (χ0n) is 19.8. The van der Waals surface area contributed by atoms with Crippen LogP contribution in [0.25, 0.3) is 0 Å². The molecule has 3 heterocycles. The molecule has 0 radical (unpaired) electrons. The number of Topliss-reactive ketones (excluding diaryl/α,β-unsaturated/α-hetero) is 2. The third kappa shape index (κ3) is 3.78. The van der Waals surface area contributed by atoms with Crippen molar-refractivity contribution in [2.45, 2.75) is 12.1 Å². The molecule has 6 nitrogen and oxygen atoms in total. The second kappa shape index (κ2) is 9.19. The highest BCUT2D eigenvalue weighted by Gasteiger charge is 2.63. The van der Waals surface area contributed by atoms with E-state index in [2.05, 4.69) is 0 Å². The molecular weight excluding hydrogens is 507 g/mol. The Balaban J connectivity index is 1.43. The number of hydrogen-bond donors (Lipinski definition) is 0. The summed E-state index contributed by atoms with van der Waals surface area (Å²) in [5.41, 5.74) is 1.44. The molecule has 0 unspecified atom stereocenters. The van der Waals surface area contributed by atoms with E-state index in [4.69, 9.17) is 11.6 Å². The molecular formula is C30H20ClFN2O4. The Kier molecular flexibility index (Phi) is 5.80. The van der Waals surface area contributed by atoms with Crippen LogP contribution < -0.4 is 4.90 Å². The van der Waals surface area contributed by atoms with Crippen LogP contribution in [0, 0.1) is 17.7 Å². The normalized spacial score (nSPS) is 23.8. The van der Waals surface area contributed by atoms with Crippen LogP contribution >= 0.6 is 11.6 Å². The lowest BCUT2D eigenvalue weighted by atomic mass is 9.85. The van der Waals surface area contributed by atoms with Crippen LogP contribution in [0.5, 0.6) is 0 Å². The molecule has 0 aromatic heterocycles. The summed E-state index contributed by atoms with van der Waals surface area (Å²) in [5, 5.41) is 0.461. The van der Waals surface area contributed by atoms with Crippen molar-refractivity contribution >= 4 is 40.7 Å². The van der Waals surface area contributed by atoms with Crippen LogP contribution in [0.1, 0.15) is 20.7 Å². The molecule has 0 spiro atoms. The minimum Gasteiger partial charge on any atom is -0.359 e. The van der Waals surface area contributed by atoms with Crippen molar-refractivity contribution in [2.24, 2.45) is 11.8 Å². The van der Waals surface area contributed by atoms with Gasteiger partial charge in [-0.1, -0.05) is 48.0 Å². The molecule has 2 saturated heterocycles. The number of carbonyl (C=O) groups excluding carboxylic acids is 4. The van der Waals surface area contributed by atoms with Crippen molar-refractivity contribution in [1.29, 1.82) is 0 Å². The number of hydrogen-bond acceptors (Lipinski definition) is 5. The van der Waals surface area contributed by atoms with Crippen LogP contribution in [0.2, 0.25) is 5.02 Å². The Labute approximate surface area is 222 Å². The van der Waals surface area contributed by atoms with Crippen LogP contribution in [0.4, 0.5) is 10.1 Å². The van der Waals surface area contributed by atoms with Gasteiger partial charge in [0.2, 0.25) is 11.8 Å². The molecule has 3 aliphatic rings. The van der Waals surface area contributed by atoms with Crippen molar-refractivity contribution in [3.63, 3.8) is 0 Å². The monoisotopic (exact) mass is 526 g/mol. The third-order valence-corrected chi connectivity index (χ3v) is 7.58. The van der Waals surface area contributed by atoms with Crippen LogP contribution in [-0.2, 0) is 9.59 Å². The molecule has 3 aliphatic heterocycles. The maximum Gasteiger partial charge on any atom is 0.240 e. The van der Waals surface area contributed by atoms with Gasteiger partial charge in [0.05, 0.1) is 23.6 Å². The topological polar surface area (TPSA) is 74.8 Å². The van der Waals surface area contributed by atoms with Crippen molar-refractivity contribution < 1.29 is 23.6 Å². The maximum atomic E-state index is 13.8. The minimum atomic E-state index is -0.993. The standard InChI is InChI=1S/C30H20ClFN2O4/c31-20-8-6-18(7-9-20)28(36)26-25-24(29(37)34(30(25)38)22-12-10-21(32)11-13-22)23-16-19(14-15-33(23)26)27(35)17-4-2-1-3-5-17/h1-16,23-26H/t23-,24+,25-,26+/m1/s1.